The smallest absolute Gasteiger partial charge is 0.175 e. The van der Waals surface area contributed by atoms with Gasteiger partial charge in [-0.1, -0.05) is 30.3 Å². The lowest BCUT2D eigenvalue weighted by Crippen LogP contribution is -2.21. The van der Waals surface area contributed by atoms with Crippen molar-refractivity contribution in [1.82, 2.24) is 0 Å². The second-order valence-electron chi connectivity index (χ2n) is 4.82. The van der Waals surface area contributed by atoms with E-state index in [0.29, 0.717) is 13.2 Å². The van der Waals surface area contributed by atoms with Gasteiger partial charge in [-0.3, -0.25) is 4.79 Å². The summed E-state index contributed by atoms with van der Waals surface area (Å²) in [5.74, 6) is 0.886. The third-order valence-electron chi connectivity index (χ3n) is 3.49. The minimum atomic E-state index is 0.0143. The van der Waals surface area contributed by atoms with Gasteiger partial charge in [-0.05, 0) is 29.3 Å². The number of hydrogen-bond donors (Lipinski definition) is 0. The van der Waals surface area contributed by atoms with Crippen LogP contribution in [0.25, 0.3) is 10.8 Å². The summed E-state index contributed by atoms with van der Waals surface area (Å²) in [4.78, 5) is 11.9. The Morgan fingerprint density at radius 3 is 2.84 bits per heavy atom. The van der Waals surface area contributed by atoms with Crippen molar-refractivity contribution in [3.63, 3.8) is 0 Å². The molecule has 1 fully saturated rings. The Bertz CT molecular complexity index is 585. The molecule has 2 aromatic carbocycles. The molecule has 0 amide bonds. The van der Waals surface area contributed by atoms with E-state index in [4.69, 9.17) is 9.47 Å². The molecule has 3 heteroatoms. The molecule has 98 valence electrons. The summed E-state index contributed by atoms with van der Waals surface area (Å²) in [5.41, 5.74) is 0. The highest BCUT2D eigenvalue weighted by Crippen LogP contribution is 2.21. The summed E-state index contributed by atoms with van der Waals surface area (Å²) in [5, 5.41) is 2.29. The zero-order chi connectivity index (χ0) is 13.1. The molecule has 1 saturated heterocycles. The maximum Gasteiger partial charge on any atom is 0.175 e. The summed E-state index contributed by atoms with van der Waals surface area (Å²) < 4.78 is 10.8. The van der Waals surface area contributed by atoms with Crippen molar-refractivity contribution in [2.24, 2.45) is 5.92 Å². The molecular formula is C16H16O3. The lowest BCUT2D eigenvalue weighted by molar-refractivity contribution is -0.124. The fourth-order valence-electron chi connectivity index (χ4n) is 2.32. The quantitative estimate of drug-likeness (QED) is 0.843. The third kappa shape index (κ3) is 2.76. The molecule has 2 aromatic rings. The lowest BCUT2D eigenvalue weighted by atomic mass is 10.0. The van der Waals surface area contributed by atoms with Crippen LogP contribution < -0.4 is 4.74 Å². The lowest BCUT2D eigenvalue weighted by Gasteiger charge is -2.09. The number of carbonyl (C=O) groups excluding carboxylic acids is 1. The van der Waals surface area contributed by atoms with Crippen molar-refractivity contribution in [3.8, 4) is 5.75 Å². The molecule has 1 heterocycles. The average molecular weight is 256 g/mol. The summed E-state index contributed by atoms with van der Waals surface area (Å²) >= 11 is 0. The number of hydrogen-bond acceptors (Lipinski definition) is 3. The molecule has 0 saturated carbocycles. The van der Waals surface area contributed by atoms with E-state index in [0.717, 1.165) is 17.6 Å². The SMILES string of the molecule is O=C(COc1ccc2ccccc2c1)C1CCOC1. The van der Waals surface area contributed by atoms with E-state index in [2.05, 4.69) is 6.07 Å². The van der Waals surface area contributed by atoms with Crippen LogP contribution in [0.4, 0.5) is 0 Å². The number of Topliss-reactive ketones (excluding diaryl/α,β-unsaturated/α-hetero) is 1. The molecule has 3 nitrogen and oxygen atoms in total. The predicted octanol–water partition coefficient (Wildman–Crippen LogP) is 2.82. The highest BCUT2D eigenvalue weighted by Gasteiger charge is 2.23. The summed E-state index contributed by atoms with van der Waals surface area (Å²) in [6.45, 7) is 1.36. The van der Waals surface area contributed by atoms with Crippen LogP contribution in [0.2, 0.25) is 0 Å². The van der Waals surface area contributed by atoms with Crippen molar-refractivity contribution >= 4 is 16.6 Å². The summed E-state index contributed by atoms with van der Waals surface area (Å²) in [6.07, 6.45) is 0.819. The van der Waals surface area contributed by atoms with E-state index in [9.17, 15) is 4.79 Å². The van der Waals surface area contributed by atoms with Crippen molar-refractivity contribution in [2.75, 3.05) is 19.8 Å². The standard InChI is InChI=1S/C16H16O3/c17-16(14-7-8-18-10-14)11-19-15-6-5-12-3-1-2-4-13(12)9-15/h1-6,9,14H,7-8,10-11H2. The minimum Gasteiger partial charge on any atom is -0.486 e. The average Bonchev–Trinajstić information content (AvgIpc) is 2.99. The third-order valence-corrected chi connectivity index (χ3v) is 3.49. The highest BCUT2D eigenvalue weighted by molar-refractivity contribution is 5.85. The van der Waals surface area contributed by atoms with Crippen molar-refractivity contribution in [2.45, 2.75) is 6.42 Å². The van der Waals surface area contributed by atoms with Gasteiger partial charge in [0.05, 0.1) is 6.61 Å². The van der Waals surface area contributed by atoms with Crippen molar-refractivity contribution in [1.29, 1.82) is 0 Å². The van der Waals surface area contributed by atoms with Gasteiger partial charge in [-0.2, -0.15) is 0 Å². The van der Waals surface area contributed by atoms with Crippen LogP contribution in [-0.4, -0.2) is 25.6 Å². The molecule has 0 aliphatic carbocycles. The molecule has 1 unspecified atom stereocenters. The van der Waals surface area contributed by atoms with Crippen LogP contribution in [-0.2, 0) is 9.53 Å². The predicted molar refractivity (Wildman–Crippen MR) is 73.4 cm³/mol. The molecule has 0 bridgehead atoms. The first-order valence-corrected chi connectivity index (χ1v) is 6.55. The monoisotopic (exact) mass is 256 g/mol. The fraction of sp³-hybridized carbons (Fsp3) is 0.312. The summed E-state index contributed by atoms with van der Waals surface area (Å²) in [6, 6.07) is 14.0. The van der Waals surface area contributed by atoms with Crippen LogP contribution in [0.15, 0.2) is 42.5 Å². The van der Waals surface area contributed by atoms with Gasteiger partial charge < -0.3 is 9.47 Å². The van der Waals surface area contributed by atoms with Crippen molar-refractivity contribution < 1.29 is 14.3 Å². The van der Waals surface area contributed by atoms with Gasteiger partial charge in [0.1, 0.15) is 12.4 Å². The maximum atomic E-state index is 11.9. The molecule has 1 aliphatic heterocycles. The van der Waals surface area contributed by atoms with E-state index < -0.39 is 0 Å². The molecule has 19 heavy (non-hydrogen) atoms. The van der Waals surface area contributed by atoms with Gasteiger partial charge in [-0.15, -0.1) is 0 Å². The van der Waals surface area contributed by atoms with Crippen LogP contribution in [0.5, 0.6) is 5.75 Å². The van der Waals surface area contributed by atoms with Crippen LogP contribution in [0, 0.1) is 5.92 Å². The van der Waals surface area contributed by atoms with Crippen LogP contribution >= 0.6 is 0 Å². The Labute approximate surface area is 112 Å². The Kier molecular flexibility index (Phi) is 3.47. The molecule has 1 aliphatic rings. The van der Waals surface area contributed by atoms with Crippen molar-refractivity contribution in [3.05, 3.63) is 42.5 Å². The summed E-state index contributed by atoms with van der Waals surface area (Å²) in [7, 11) is 0. The normalized spacial score (nSPS) is 18.6. The van der Waals surface area contributed by atoms with Gasteiger partial charge in [0.2, 0.25) is 0 Å². The minimum absolute atomic E-state index is 0.0143. The number of carbonyl (C=O) groups is 1. The van der Waals surface area contributed by atoms with Gasteiger partial charge in [0.25, 0.3) is 0 Å². The Morgan fingerprint density at radius 2 is 2.05 bits per heavy atom. The Balaban J connectivity index is 1.66. The first-order chi connectivity index (χ1) is 9.33. The first kappa shape index (κ1) is 12.2. The number of ketones is 1. The molecule has 0 N–H and O–H groups in total. The van der Waals surface area contributed by atoms with Gasteiger partial charge >= 0.3 is 0 Å². The molecule has 0 radical (unpaired) electrons. The van der Waals surface area contributed by atoms with Crippen LogP contribution in [0.1, 0.15) is 6.42 Å². The number of ether oxygens (including phenoxy) is 2. The maximum absolute atomic E-state index is 11.9. The number of benzene rings is 2. The molecular weight excluding hydrogens is 240 g/mol. The topological polar surface area (TPSA) is 35.5 Å². The highest BCUT2D eigenvalue weighted by atomic mass is 16.5. The van der Waals surface area contributed by atoms with E-state index in [1.807, 2.05) is 36.4 Å². The van der Waals surface area contributed by atoms with Gasteiger partial charge in [-0.25, -0.2) is 0 Å². The Morgan fingerprint density at radius 1 is 1.21 bits per heavy atom. The number of rotatable bonds is 4. The molecule has 1 atom stereocenters. The second kappa shape index (κ2) is 5.41. The van der Waals surface area contributed by atoms with E-state index in [1.54, 1.807) is 0 Å². The Hall–Kier alpha value is -1.87. The molecule has 0 aromatic heterocycles. The zero-order valence-electron chi connectivity index (χ0n) is 10.7. The second-order valence-corrected chi connectivity index (χ2v) is 4.82. The fourth-order valence-corrected chi connectivity index (χ4v) is 2.32. The first-order valence-electron chi connectivity index (χ1n) is 6.55. The van der Waals surface area contributed by atoms with E-state index in [1.165, 1.54) is 5.39 Å². The van der Waals surface area contributed by atoms with Gasteiger partial charge in [0.15, 0.2) is 5.78 Å². The molecule has 0 spiro atoms. The van der Waals surface area contributed by atoms with Gasteiger partial charge in [0, 0.05) is 12.5 Å². The molecule has 3 rings (SSSR count). The zero-order valence-corrected chi connectivity index (χ0v) is 10.7. The van der Waals surface area contributed by atoms with E-state index >= 15 is 0 Å². The number of fused-ring (bicyclic) bond motifs is 1. The largest absolute Gasteiger partial charge is 0.486 e. The van der Waals surface area contributed by atoms with E-state index in [-0.39, 0.29) is 18.3 Å². The van der Waals surface area contributed by atoms with Crippen LogP contribution in [0.3, 0.4) is 0 Å².